The molecule has 0 aromatic heterocycles. The highest BCUT2D eigenvalue weighted by atomic mass is 32.2. The molecule has 0 fully saturated rings. The highest BCUT2D eigenvalue weighted by Gasteiger charge is 2.33. The number of halogens is 1. The minimum Gasteiger partial charge on any atom is -0.494 e. The highest BCUT2D eigenvalue weighted by Crippen LogP contribution is 2.27. The van der Waals surface area contributed by atoms with Gasteiger partial charge in [0.2, 0.25) is 11.8 Å². The SMILES string of the molecule is CCOc1ccc(N(CC(=O)N(Cc2cccc(C)c2)[C@@H](CC)C(=O)NCC(C)C)S(=O)(=O)c2ccc(F)cc2)cc1. The van der Waals surface area contributed by atoms with Crippen LogP contribution in [0.15, 0.2) is 77.7 Å². The maximum Gasteiger partial charge on any atom is 0.264 e. The monoisotopic (exact) mass is 597 g/mol. The molecule has 226 valence electrons. The number of carbonyl (C=O) groups is 2. The fourth-order valence-corrected chi connectivity index (χ4v) is 5.90. The lowest BCUT2D eigenvalue weighted by Gasteiger charge is -2.33. The first kappa shape index (κ1) is 32.6. The Balaban J connectivity index is 2.05. The van der Waals surface area contributed by atoms with Crippen LogP contribution in [0.2, 0.25) is 0 Å². The number of anilines is 1. The Morgan fingerprint density at radius 2 is 1.64 bits per heavy atom. The number of rotatable bonds is 14. The van der Waals surface area contributed by atoms with Crippen LogP contribution in [0.25, 0.3) is 0 Å². The molecule has 0 bridgehead atoms. The van der Waals surface area contributed by atoms with Gasteiger partial charge in [-0.2, -0.15) is 0 Å². The first-order valence-electron chi connectivity index (χ1n) is 14.1. The summed E-state index contributed by atoms with van der Waals surface area (Å²) in [6, 6.07) is 17.6. The first-order valence-corrected chi connectivity index (χ1v) is 15.5. The third-order valence-electron chi connectivity index (χ3n) is 6.62. The summed E-state index contributed by atoms with van der Waals surface area (Å²) in [5.41, 5.74) is 2.03. The number of amides is 2. The van der Waals surface area contributed by atoms with Crippen molar-refractivity contribution in [3.05, 3.63) is 89.7 Å². The predicted molar refractivity (Wildman–Crippen MR) is 162 cm³/mol. The fourth-order valence-electron chi connectivity index (χ4n) is 4.49. The van der Waals surface area contributed by atoms with E-state index in [0.717, 1.165) is 39.7 Å². The molecule has 0 aliphatic carbocycles. The zero-order valence-electron chi connectivity index (χ0n) is 24.8. The van der Waals surface area contributed by atoms with Gasteiger partial charge in [-0.25, -0.2) is 12.8 Å². The van der Waals surface area contributed by atoms with Crippen molar-refractivity contribution < 1.29 is 27.1 Å². The number of sulfonamides is 1. The first-order chi connectivity index (χ1) is 20.0. The largest absolute Gasteiger partial charge is 0.494 e. The van der Waals surface area contributed by atoms with Crippen LogP contribution in [0, 0.1) is 18.7 Å². The lowest BCUT2D eigenvalue weighted by atomic mass is 10.1. The van der Waals surface area contributed by atoms with E-state index in [-0.39, 0.29) is 29.0 Å². The Bertz CT molecular complexity index is 1440. The summed E-state index contributed by atoms with van der Waals surface area (Å²) in [5, 5.41) is 2.92. The van der Waals surface area contributed by atoms with Crippen molar-refractivity contribution in [2.24, 2.45) is 5.92 Å². The van der Waals surface area contributed by atoms with Crippen molar-refractivity contribution >= 4 is 27.5 Å². The minimum absolute atomic E-state index is 0.113. The normalized spacial score (nSPS) is 12.1. The van der Waals surface area contributed by atoms with Crippen LogP contribution >= 0.6 is 0 Å². The van der Waals surface area contributed by atoms with Crippen molar-refractivity contribution in [2.75, 3.05) is 24.0 Å². The maximum atomic E-state index is 14.1. The molecule has 3 aromatic carbocycles. The number of nitrogens with one attached hydrogen (secondary N) is 1. The third kappa shape index (κ3) is 8.55. The Morgan fingerprint density at radius 3 is 2.21 bits per heavy atom. The standard InChI is InChI=1S/C32H40FN3O5S/c1-6-30(32(38)34-20-23(3)4)35(21-25-10-8-9-24(5)19-25)31(37)22-36(27-13-15-28(16-14-27)41-7-2)42(39,40)29-17-11-26(33)12-18-29/h8-19,23,30H,6-7,20-22H2,1-5H3,(H,34,38)/t30-/m0/s1. The van der Waals surface area contributed by atoms with Gasteiger partial charge in [0.15, 0.2) is 0 Å². The van der Waals surface area contributed by atoms with Crippen molar-refractivity contribution in [1.82, 2.24) is 10.2 Å². The second kappa shape index (κ2) is 14.8. The molecule has 2 amide bonds. The number of hydrogen-bond acceptors (Lipinski definition) is 5. The van der Waals surface area contributed by atoms with Crippen LogP contribution in [0.1, 0.15) is 45.2 Å². The van der Waals surface area contributed by atoms with Crippen LogP contribution < -0.4 is 14.4 Å². The Hall–Kier alpha value is -3.92. The molecule has 0 aliphatic rings. The zero-order valence-corrected chi connectivity index (χ0v) is 25.7. The van der Waals surface area contributed by atoms with Crippen molar-refractivity contribution in [3.8, 4) is 5.75 Å². The van der Waals surface area contributed by atoms with E-state index < -0.39 is 34.3 Å². The number of hydrogen-bond donors (Lipinski definition) is 1. The zero-order chi connectivity index (χ0) is 30.9. The molecule has 42 heavy (non-hydrogen) atoms. The predicted octanol–water partition coefficient (Wildman–Crippen LogP) is 5.31. The second-order valence-corrected chi connectivity index (χ2v) is 12.3. The van der Waals surface area contributed by atoms with E-state index in [1.165, 1.54) is 4.90 Å². The average Bonchev–Trinajstić information content (AvgIpc) is 2.95. The van der Waals surface area contributed by atoms with Gasteiger partial charge in [0, 0.05) is 13.1 Å². The van der Waals surface area contributed by atoms with Crippen LogP contribution in [0.4, 0.5) is 10.1 Å². The molecule has 1 atom stereocenters. The number of aryl methyl sites for hydroxylation is 1. The average molecular weight is 598 g/mol. The number of ether oxygens (including phenoxy) is 1. The Kier molecular flexibility index (Phi) is 11.5. The van der Waals surface area contributed by atoms with Gasteiger partial charge in [-0.3, -0.25) is 13.9 Å². The summed E-state index contributed by atoms with van der Waals surface area (Å²) in [6.45, 7) is 9.95. The molecular formula is C32H40FN3O5S. The number of nitrogens with zero attached hydrogens (tertiary/aromatic N) is 2. The van der Waals surface area contributed by atoms with Gasteiger partial charge >= 0.3 is 0 Å². The lowest BCUT2D eigenvalue weighted by Crippen LogP contribution is -2.52. The van der Waals surface area contributed by atoms with E-state index in [1.807, 2.05) is 58.9 Å². The molecule has 10 heteroatoms. The summed E-state index contributed by atoms with van der Waals surface area (Å²) in [4.78, 5) is 28.7. The maximum absolute atomic E-state index is 14.1. The van der Waals surface area contributed by atoms with Gasteiger partial charge in [0.1, 0.15) is 24.2 Å². The molecule has 0 spiro atoms. The summed E-state index contributed by atoms with van der Waals surface area (Å²) in [6.07, 6.45) is 0.329. The molecule has 0 radical (unpaired) electrons. The van der Waals surface area contributed by atoms with E-state index in [1.54, 1.807) is 24.3 Å². The molecule has 3 rings (SSSR count). The van der Waals surface area contributed by atoms with Gasteiger partial charge in [0.25, 0.3) is 10.0 Å². The van der Waals surface area contributed by atoms with E-state index in [4.69, 9.17) is 4.74 Å². The fraction of sp³-hybridized carbons (Fsp3) is 0.375. The summed E-state index contributed by atoms with van der Waals surface area (Å²) >= 11 is 0. The number of benzene rings is 3. The molecule has 0 saturated heterocycles. The van der Waals surface area contributed by atoms with E-state index in [0.29, 0.717) is 25.3 Å². The molecular weight excluding hydrogens is 557 g/mol. The molecule has 0 saturated carbocycles. The van der Waals surface area contributed by atoms with E-state index in [9.17, 15) is 22.4 Å². The number of carbonyl (C=O) groups excluding carboxylic acids is 2. The van der Waals surface area contributed by atoms with Crippen molar-refractivity contribution in [1.29, 1.82) is 0 Å². The topological polar surface area (TPSA) is 96.0 Å². The van der Waals surface area contributed by atoms with E-state index in [2.05, 4.69) is 5.32 Å². The summed E-state index contributed by atoms with van der Waals surface area (Å²) in [7, 11) is -4.30. The molecule has 8 nitrogen and oxygen atoms in total. The van der Waals surface area contributed by atoms with Gasteiger partial charge in [-0.05, 0) is 80.3 Å². The Morgan fingerprint density at radius 1 is 0.976 bits per heavy atom. The summed E-state index contributed by atoms with van der Waals surface area (Å²) < 4.78 is 47.9. The second-order valence-electron chi connectivity index (χ2n) is 10.5. The van der Waals surface area contributed by atoms with Crippen LogP contribution in [-0.4, -0.2) is 50.9 Å². The van der Waals surface area contributed by atoms with Gasteiger partial charge in [-0.1, -0.05) is 50.6 Å². The molecule has 0 unspecified atom stereocenters. The Labute approximate surface area is 248 Å². The van der Waals surface area contributed by atoms with Crippen LogP contribution in [0.3, 0.4) is 0 Å². The summed E-state index contributed by atoms with van der Waals surface area (Å²) in [5.74, 6) is -0.687. The molecule has 0 heterocycles. The lowest BCUT2D eigenvalue weighted by molar-refractivity contribution is -0.140. The van der Waals surface area contributed by atoms with Gasteiger partial charge in [0.05, 0.1) is 17.2 Å². The molecule has 1 N–H and O–H groups in total. The molecule has 0 aliphatic heterocycles. The van der Waals surface area contributed by atoms with E-state index >= 15 is 0 Å². The highest BCUT2D eigenvalue weighted by molar-refractivity contribution is 7.92. The third-order valence-corrected chi connectivity index (χ3v) is 8.41. The molecule has 3 aromatic rings. The quantitative estimate of drug-likeness (QED) is 0.272. The van der Waals surface area contributed by atoms with Gasteiger partial charge in [-0.15, -0.1) is 0 Å². The smallest absolute Gasteiger partial charge is 0.264 e. The van der Waals surface area contributed by atoms with Crippen LogP contribution in [-0.2, 0) is 26.2 Å². The van der Waals surface area contributed by atoms with Gasteiger partial charge < -0.3 is 15.0 Å². The van der Waals surface area contributed by atoms with Crippen molar-refractivity contribution in [3.63, 3.8) is 0 Å². The van der Waals surface area contributed by atoms with Crippen molar-refractivity contribution in [2.45, 2.75) is 58.5 Å². The van der Waals surface area contributed by atoms with Crippen LogP contribution in [0.5, 0.6) is 5.75 Å². The minimum atomic E-state index is -4.30.